The molecule has 19 heavy (non-hydrogen) atoms. The zero-order valence-electron chi connectivity index (χ0n) is 12.3. The molecule has 2 atom stereocenters. The summed E-state index contributed by atoms with van der Waals surface area (Å²) in [5.74, 6) is -1.53. The molecule has 1 aliphatic rings. The van der Waals surface area contributed by atoms with Gasteiger partial charge in [-0.2, -0.15) is 0 Å². The Morgan fingerprint density at radius 1 is 1.05 bits per heavy atom. The van der Waals surface area contributed by atoms with E-state index in [1.165, 1.54) is 0 Å². The van der Waals surface area contributed by atoms with Crippen molar-refractivity contribution in [2.75, 3.05) is 32.7 Å². The molecule has 0 bridgehead atoms. The molecule has 110 valence electrons. The molecule has 1 fully saturated rings. The second-order valence-corrected chi connectivity index (χ2v) is 5.09. The zero-order valence-corrected chi connectivity index (χ0v) is 12.3. The predicted molar refractivity (Wildman–Crippen MR) is 73.9 cm³/mol. The molecule has 1 aliphatic carbocycles. The molecular weight excluding hydrogens is 244 g/mol. The van der Waals surface area contributed by atoms with Crippen LogP contribution in [-0.2, 0) is 9.59 Å². The van der Waals surface area contributed by atoms with Crippen LogP contribution in [-0.4, -0.2) is 59.5 Å². The molecule has 5 nitrogen and oxygen atoms in total. The molecule has 1 rings (SSSR count). The second-order valence-electron chi connectivity index (χ2n) is 5.09. The third kappa shape index (κ3) is 4.49. The van der Waals surface area contributed by atoms with Crippen LogP contribution >= 0.6 is 0 Å². The molecule has 0 aromatic carbocycles. The first kappa shape index (κ1) is 16.0. The third-order valence-electron chi connectivity index (χ3n) is 3.92. The maximum Gasteiger partial charge on any atom is 0.307 e. The zero-order chi connectivity index (χ0) is 14.4. The van der Waals surface area contributed by atoms with Crippen LogP contribution in [0.3, 0.4) is 0 Å². The highest BCUT2D eigenvalue weighted by Gasteiger charge is 2.49. The molecule has 5 heteroatoms. The summed E-state index contributed by atoms with van der Waals surface area (Å²) < 4.78 is 0. The number of rotatable bonds is 9. The molecule has 0 heterocycles. The first-order chi connectivity index (χ1) is 9.04. The highest BCUT2D eigenvalue weighted by Crippen LogP contribution is 2.40. The number of carboxylic acids is 1. The fourth-order valence-electron chi connectivity index (χ4n) is 2.42. The van der Waals surface area contributed by atoms with Crippen LogP contribution in [0.1, 0.15) is 33.6 Å². The first-order valence-electron chi connectivity index (χ1n) is 7.29. The highest BCUT2D eigenvalue weighted by molar-refractivity contribution is 5.89. The Kier molecular flexibility index (Phi) is 6.28. The normalized spacial score (nSPS) is 21.5. The van der Waals surface area contributed by atoms with Crippen LogP contribution in [0.4, 0.5) is 0 Å². The topological polar surface area (TPSA) is 60.9 Å². The van der Waals surface area contributed by atoms with Crippen molar-refractivity contribution in [3.63, 3.8) is 0 Å². The number of carbonyl (C=O) groups is 2. The molecule has 0 aromatic rings. The average Bonchev–Trinajstić information content (AvgIpc) is 3.19. The summed E-state index contributed by atoms with van der Waals surface area (Å²) in [6.45, 7) is 10.7. The Balaban J connectivity index is 2.33. The fourth-order valence-corrected chi connectivity index (χ4v) is 2.42. The minimum absolute atomic E-state index is 0.0226. The average molecular weight is 270 g/mol. The molecule has 1 saturated carbocycles. The third-order valence-corrected chi connectivity index (χ3v) is 3.92. The molecule has 0 saturated heterocycles. The van der Waals surface area contributed by atoms with Crippen molar-refractivity contribution in [2.24, 2.45) is 11.8 Å². The van der Waals surface area contributed by atoms with Gasteiger partial charge in [-0.3, -0.25) is 9.59 Å². The van der Waals surface area contributed by atoms with Gasteiger partial charge < -0.3 is 14.9 Å². The summed E-state index contributed by atoms with van der Waals surface area (Å²) in [5, 5.41) is 8.86. The van der Waals surface area contributed by atoms with E-state index < -0.39 is 11.9 Å². The van der Waals surface area contributed by atoms with Gasteiger partial charge in [0.25, 0.3) is 0 Å². The summed E-state index contributed by atoms with van der Waals surface area (Å²) in [6, 6.07) is 0. The molecule has 1 amide bonds. The van der Waals surface area contributed by atoms with Crippen molar-refractivity contribution in [1.29, 1.82) is 0 Å². The lowest BCUT2D eigenvalue weighted by atomic mass is 10.2. The number of hydrogen-bond donors (Lipinski definition) is 1. The van der Waals surface area contributed by atoms with E-state index in [2.05, 4.69) is 18.7 Å². The molecule has 0 aromatic heterocycles. The van der Waals surface area contributed by atoms with E-state index >= 15 is 0 Å². The molecule has 1 N–H and O–H groups in total. The van der Waals surface area contributed by atoms with Crippen molar-refractivity contribution in [3.8, 4) is 0 Å². The maximum absolute atomic E-state index is 12.1. The molecule has 0 aliphatic heterocycles. The van der Waals surface area contributed by atoms with Crippen LogP contribution in [0.5, 0.6) is 0 Å². The number of aliphatic carboxylic acids is 1. The lowest BCUT2D eigenvalue weighted by Crippen LogP contribution is -2.35. The predicted octanol–water partition coefficient (Wildman–Crippen LogP) is 1.29. The van der Waals surface area contributed by atoms with E-state index in [1.807, 2.05) is 6.92 Å². The van der Waals surface area contributed by atoms with Crippen molar-refractivity contribution >= 4 is 11.9 Å². The van der Waals surface area contributed by atoms with E-state index in [9.17, 15) is 9.59 Å². The van der Waals surface area contributed by atoms with Gasteiger partial charge in [-0.15, -0.1) is 0 Å². The van der Waals surface area contributed by atoms with Gasteiger partial charge in [-0.25, -0.2) is 0 Å². The van der Waals surface area contributed by atoms with Crippen LogP contribution in [0.15, 0.2) is 0 Å². The van der Waals surface area contributed by atoms with Gasteiger partial charge >= 0.3 is 5.97 Å². The van der Waals surface area contributed by atoms with E-state index in [0.717, 1.165) is 32.6 Å². The summed E-state index contributed by atoms with van der Waals surface area (Å²) >= 11 is 0. The van der Waals surface area contributed by atoms with Crippen LogP contribution in [0.2, 0.25) is 0 Å². The summed E-state index contributed by atoms with van der Waals surface area (Å²) in [7, 11) is 0. The minimum Gasteiger partial charge on any atom is -0.481 e. The van der Waals surface area contributed by atoms with Gasteiger partial charge in [-0.1, -0.05) is 13.8 Å². The Labute approximate surface area is 115 Å². The van der Waals surface area contributed by atoms with Gasteiger partial charge in [0.2, 0.25) is 5.91 Å². The number of carbonyl (C=O) groups excluding carboxylic acids is 1. The molecule has 0 unspecified atom stereocenters. The number of carboxylic acid groups (broad SMARTS) is 1. The maximum atomic E-state index is 12.1. The van der Waals surface area contributed by atoms with E-state index in [-0.39, 0.29) is 11.8 Å². The highest BCUT2D eigenvalue weighted by atomic mass is 16.4. The van der Waals surface area contributed by atoms with Gasteiger partial charge in [0.15, 0.2) is 0 Å². The van der Waals surface area contributed by atoms with Crippen LogP contribution < -0.4 is 0 Å². The Morgan fingerprint density at radius 2 is 1.68 bits per heavy atom. The monoisotopic (exact) mass is 270 g/mol. The summed E-state index contributed by atoms with van der Waals surface area (Å²) in [6.07, 6.45) is 1.46. The van der Waals surface area contributed by atoms with E-state index in [0.29, 0.717) is 13.0 Å². The summed E-state index contributed by atoms with van der Waals surface area (Å²) in [4.78, 5) is 27.0. The summed E-state index contributed by atoms with van der Waals surface area (Å²) in [5.41, 5.74) is 0. The smallest absolute Gasteiger partial charge is 0.307 e. The lowest BCUT2D eigenvalue weighted by Gasteiger charge is -2.23. The van der Waals surface area contributed by atoms with Crippen molar-refractivity contribution < 1.29 is 14.7 Å². The van der Waals surface area contributed by atoms with Crippen LogP contribution in [0.25, 0.3) is 0 Å². The van der Waals surface area contributed by atoms with Gasteiger partial charge in [0.1, 0.15) is 0 Å². The van der Waals surface area contributed by atoms with E-state index in [4.69, 9.17) is 5.11 Å². The minimum atomic E-state index is -0.836. The van der Waals surface area contributed by atoms with Crippen molar-refractivity contribution in [1.82, 2.24) is 9.80 Å². The van der Waals surface area contributed by atoms with E-state index in [1.54, 1.807) is 4.90 Å². The molecular formula is C14H26N2O3. The fraction of sp³-hybridized carbons (Fsp3) is 0.857. The number of nitrogens with zero attached hydrogens (tertiary/aromatic N) is 2. The Hall–Kier alpha value is -1.10. The van der Waals surface area contributed by atoms with Gasteiger partial charge in [0, 0.05) is 13.1 Å². The first-order valence-corrected chi connectivity index (χ1v) is 7.29. The molecule has 0 radical (unpaired) electrons. The SMILES string of the molecule is CCN(CC)CCCN(CC)C(=O)[C@@H]1C[C@@H]1C(=O)O. The van der Waals surface area contributed by atoms with Crippen molar-refractivity contribution in [3.05, 3.63) is 0 Å². The Morgan fingerprint density at radius 3 is 2.11 bits per heavy atom. The van der Waals surface area contributed by atoms with Crippen LogP contribution in [0, 0.1) is 11.8 Å². The lowest BCUT2D eigenvalue weighted by molar-refractivity contribution is -0.142. The van der Waals surface area contributed by atoms with Gasteiger partial charge in [0.05, 0.1) is 11.8 Å². The number of hydrogen-bond acceptors (Lipinski definition) is 3. The number of amides is 1. The second kappa shape index (κ2) is 7.48. The quantitative estimate of drug-likeness (QED) is 0.686. The Bertz CT molecular complexity index is 316. The largest absolute Gasteiger partial charge is 0.481 e. The van der Waals surface area contributed by atoms with Gasteiger partial charge in [-0.05, 0) is 39.4 Å². The molecule has 0 spiro atoms. The standard InChI is InChI=1S/C14H26N2O3/c1-4-15(5-2)8-7-9-16(6-3)13(17)11-10-12(11)14(18)19/h11-12H,4-10H2,1-3H3,(H,18,19)/t11-,12+/m1/s1. The van der Waals surface area contributed by atoms with Crippen molar-refractivity contribution in [2.45, 2.75) is 33.6 Å².